The molecular formula is C18H16F3N3O. The van der Waals surface area contributed by atoms with Crippen molar-refractivity contribution in [2.24, 2.45) is 0 Å². The van der Waals surface area contributed by atoms with Crippen LogP contribution in [0.4, 0.5) is 19.0 Å². The van der Waals surface area contributed by atoms with Crippen LogP contribution in [-0.4, -0.2) is 23.6 Å². The highest BCUT2D eigenvalue weighted by molar-refractivity contribution is 5.90. The Hall–Kier alpha value is -2.83. The Morgan fingerprint density at radius 2 is 1.80 bits per heavy atom. The molecule has 0 unspecified atom stereocenters. The van der Waals surface area contributed by atoms with Gasteiger partial charge in [0.15, 0.2) is 0 Å². The van der Waals surface area contributed by atoms with E-state index in [0.717, 1.165) is 5.56 Å². The van der Waals surface area contributed by atoms with Crippen LogP contribution in [0.1, 0.15) is 11.4 Å². The normalized spacial score (nSPS) is 11.5. The number of ether oxygens (including phenoxy) is 1. The molecule has 0 saturated carbocycles. The van der Waals surface area contributed by atoms with E-state index in [4.69, 9.17) is 4.74 Å². The molecule has 3 rings (SSSR count). The van der Waals surface area contributed by atoms with Gasteiger partial charge >= 0.3 is 6.18 Å². The summed E-state index contributed by atoms with van der Waals surface area (Å²) in [7, 11) is 1.45. The summed E-state index contributed by atoms with van der Waals surface area (Å²) in [6.45, 7) is 0.458. The van der Waals surface area contributed by atoms with Gasteiger partial charge in [0.2, 0.25) is 5.82 Å². The van der Waals surface area contributed by atoms with Crippen molar-refractivity contribution in [1.29, 1.82) is 0 Å². The predicted molar refractivity (Wildman–Crippen MR) is 89.7 cm³/mol. The smallest absolute Gasteiger partial charge is 0.451 e. The second kappa shape index (κ2) is 6.96. The Bertz CT molecular complexity index is 867. The van der Waals surface area contributed by atoms with Gasteiger partial charge in [0.25, 0.3) is 0 Å². The Balaban J connectivity index is 1.91. The first-order valence-electron chi connectivity index (χ1n) is 7.68. The number of nitrogens with zero attached hydrogens (tertiary/aromatic N) is 2. The summed E-state index contributed by atoms with van der Waals surface area (Å²) < 4.78 is 44.3. The number of halogens is 3. The molecule has 4 nitrogen and oxygen atoms in total. The van der Waals surface area contributed by atoms with Crippen LogP contribution in [0.3, 0.4) is 0 Å². The Morgan fingerprint density at radius 3 is 2.48 bits per heavy atom. The standard InChI is InChI=1S/C18H16F3N3O/c1-25-13-7-8-14-15(11-13)23-17(18(19,20)21)24-16(14)22-10-9-12-5-3-2-4-6-12/h2-8,11H,9-10H2,1H3,(H,22,23,24). The highest BCUT2D eigenvalue weighted by Crippen LogP contribution is 2.31. The molecule has 3 aromatic rings. The molecular weight excluding hydrogens is 331 g/mol. The van der Waals surface area contributed by atoms with Gasteiger partial charge in [-0.25, -0.2) is 9.97 Å². The Kier molecular flexibility index (Phi) is 4.74. The number of benzene rings is 2. The number of nitrogens with one attached hydrogen (secondary N) is 1. The van der Waals surface area contributed by atoms with Crippen molar-refractivity contribution in [2.75, 3.05) is 19.0 Å². The number of methoxy groups -OCH3 is 1. The topological polar surface area (TPSA) is 47.0 Å². The molecule has 1 heterocycles. The molecule has 0 saturated heterocycles. The van der Waals surface area contributed by atoms with Gasteiger partial charge in [0.1, 0.15) is 11.6 Å². The van der Waals surface area contributed by atoms with Gasteiger partial charge in [-0.2, -0.15) is 13.2 Å². The maximum absolute atomic E-state index is 13.1. The summed E-state index contributed by atoms with van der Waals surface area (Å²) in [5.74, 6) is -0.569. The van der Waals surface area contributed by atoms with Crippen molar-refractivity contribution in [2.45, 2.75) is 12.6 Å². The van der Waals surface area contributed by atoms with Crippen LogP contribution in [-0.2, 0) is 12.6 Å². The van der Waals surface area contributed by atoms with Crippen molar-refractivity contribution >= 4 is 16.7 Å². The average Bonchev–Trinajstić information content (AvgIpc) is 2.61. The minimum atomic E-state index is -4.62. The molecule has 1 N–H and O–H groups in total. The zero-order valence-electron chi connectivity index (χ0n) is 13.5. The van der Waals surface area contributed by atoms with Crippen molar-refractivity contribution in [3.63, 3.8) is 0 Å². The average molecular weight is 347 g/mol. The number of alkyl halides is 3. The Morgan fingerprint density at radius 1 is 1.04 bits per heavy atom. The van der Waals surface area contributed by atoms with Gasteiger partial charge < -0.3 is 10.1 Å². The largest absolute Gasteiger partial charge is 0.497 e. The number of aromatic nitrogens is 2. The third-order valence-electron chi connectivity index (χ3n) is 3.71. The van der Waals surface area contributed by atoms with Crippen molar-refractivity contribution < 1.29 is 17.9 Å². The number of anilines is 1. The minimum Gasteiger partial charge on any atom is -0.497 e. The summed E-state index contributed by atoms with van der Waals surface area (Å²) in [6, 6.07) is 14.5. The number of hydrogen-bond donors (Lipinski definition) is 1. The number of fused-ring (bicyclic) bond motifs is 1. The molecule has 0 aliphatic heterocycles. The van der Waals surface area contributed by atoms with E-state index in [1.165, 1.54) is 13.2 Å². The van der Waals surface area contributed by atoms with Gasteiger partial charge in [-0.1, -0.05) is 30.3 Å². The van der Waals surface area contributed by atoms with Crippen LogP contribution in [0, 0.1) is 0 Å². The molecule has 0 atom stereocenters. The maximum atomic E-state index is 13.1. The van der Waals surface area contributed by atoms with Crippen LogP contribution in [0.2, 0.25) is 0 Å². The van der Waals surface area contributed by atoms with Crippen molar-refractivity contribution in [3.05, 3.63) is 59.9 Å². The lowest BCUT2D eigenvalue weighted by atomic mass is 10.1. The quantitative estimate of drug-likeness (QED) is 0.747. The van der Waals surface area contributed by atoms with E-state index < -0.39 is 12.0 Å². The third-order valence-corrected chi connectivity index (χ3v) is 3.71. The first kappa shape index (κ1) is 17.0. The molecule has 0 aliphatic rings. The summed E-state index contributed by atoms with van der Waals surface area (Å²) >= 11 is 0. The zero-order chi connectivity index (χ0) is 17.9. The number of rotatable bonds is 5. The molecule has 0 spiro atoms. The molecule has 7 heteroatoms. The highest BCUT2D eigenvalue weighted by Gasteiger charge is 2.35. The monoisotopic (exact) mass is 347 g/mol. The molecule has 0 aliphatic carbocycles. The summed E-state index contributed by atoms with van der Waals surface area (Å²) in [5, 5.41) is 3.51. The predicted octanol–water partition coefficient (Wildman–Crippen LogP) is 4.31. The Labute approximate surface area is 142 Å². The summed E-state index contributed by atoms with van der Waals surface area (Å²) in [4.78, 5) is 7.30. The molecule has 0 fully saturated rings. The van der Waals surface area contributed by atoms with E-state index in [2.05, 4.69) is 15.3 Å². The van der Waals surface area contributed by atoms with Gasteiger partial charge in [0.05, 0.1) is 12.6 Å². The molecule has 1 aromatic heterocycles. The van der Waals surface area contributed by atoms with E-state index in [1.54, 1.807) is 12.1 Å². The molecule has 2 aromatic carbocycles. The van der Waals surface area contributed by atoms with Gasteiger partial charge in [0, 0.05) is 18.0 Å². The van der Waals surface area contributed by atoms with Gasteiger partial charge in [-0.05, 0) is 24.1 Å². The maximum Gasteiger partial charge on any atom is 0.451 e. The van der Waals surface area contributed by atoms with Gasteiger partial charge in [-0.15, -0.1) is 0 Å². The fourth-order valence-electron chi connectivity index (χ4n) is 2.47. The molecule has 0 amide bonds. The van der Waals surface area contributed by atoms with E-state index in [-0.39, 0.29) is 11.3 Å². The van der Waals surface area contributed by atoms with Crippen LogP contribution in [0.5, 0.6) is 5.75 Å². The SMILES string of the molecule is COc1ccc2c(NCCc3ccccc3)nc(C(F)(F)F)nc2c1. The van der Waals surface area contributed by atoms with Crippen molar-refractivity contribution in [3.8, 4) is 5.75 Å². The number of hydrogen-bond acceptors (Lipinski definition) is 4. The van der Waals surface area contributed by atoms with Crippen LogP contribution in [0.15, 0.2) is 48.5 Å². The van der Waals surface area contributed by atoms with E-state index in [9.17, 15) is 13.2 Å². The summed E-state index contributed by atoms with van der Waals surface area (Å²) in [5.41, 5.74) is 1.27. The third kappa shape index (κ3) is 3.99. The zero-order valence-corrected chi connectivity index (χ0v) is 13.5. The lowest BCUT2D eigenvalue weighted by molar-refractivity contribution is -0.144. The second-order valence-electron chi connectivity index (χ2n) is 5.44. The molecule has 130 valence electrons. The van der Waals surface area contributed by atoms with E-state index in [1.807, 2.05) is 30.3 Å². The first-order valence-corrected chi connectivity index (χ1v) is 7.68. The minimum absolute atomic E-state index is 0.163. The fraction of sp³-hybridized carbons (Fsp3) is 0.222. The fourth-order valence-corrected chi connectivity index (χ4v) is 2.47. The van der Waals surface area contributed by atoms with E-state index in [0.29, 0.717) is 24.1 Å². The lowest BCUT2D eigenvalue weighted by Gasteiger charge is -2.13. The van der Waals surface area contributed by atoms with E-state index >= 15 is 0 Å². The lowest BCUT2D eigenvalue weighted by Crippen LogP contribution is -2.14. The molecule has 0 radical (unpaired) electrons. The first-order chi connectivity index (χ1) is 12.0. The second-order valence-corrected chi connectivity index (χ2v) is 5.44. The van der Waals surface area contributed by atoms with Crippen molar-refractivity contribution in [1.82, 2.24) is 9.97 Å². The summed E-state index contributed by atoms with van der Waals surface area (Å²) in [6.07, 6.45) is -3.95. The van der Waals surface area contributed by atoms with Crippen LogP contribution in [0.25, 0.3) is 10.9 Å². The van der Waals surface area contributed by atoms with Crippen LogP contribution >= 0.6 is 0 Å². The molecule has 0 bridgehead atoms. The highest BCUT2D eigenvalue weighted by atomic mass is 19.4. The van der Waals surface area contributed by atoms with Gasteiger partial charge in [-0.3, -0.25) is 0 Å². The van der Waals surface area contributed by atoms with Crippen LogP contribution < -0.4 is 10.1 Å². The molecule has 25 heavy (non-hydrogen) atoms.